The number of fused-ring (bicyclic) bond motifs is 2. The van der Waals surface area contributed by atoms with Gasteiger partial charge in [-0.15, -0.1) is 0 Å². The summed E-state index contributed by atoms with van der Waals surface area (Å²) in [7, 11) is 2.34. The van der Waals surface area contributed by atoms with E-state index in [4.69, 9.17) is 9.47 Å². The van der Waals surface area contributed by atoms with Crippen LogP contribution in [0, 0.1) is 0 Å². The zero-order valence-electron chi connectivity index (χ0n) is 17.7. The molecule has 0 saturated carbocycles. The molecule has 0 atom stereocenters. The van der Waals surface area contributed by atoms with Crippen LogP contribution in [0.25, 0.3) is 0 Å². The van der Waals surface area contributed by atoms with Crippen molar-refractivity contribution in [3.63, 3.8) is 0 Å². The fourth-order valence-corrected chi connectivity index (χ4v) is 75.3. The van der Waals surface area contributed by atoms with E-state index in [0.717, 1.165) is 24.7 Å². The average molecular weight is 674 g/mol. The van der Waals surface area contributed by atoms with Gasteiger partial charge >= 0.3 is 194 Å². The Morgan fingerprint density at radius 3 is 1.52 bits per heavy atom. The normalized spacial score (nSPS) is 17.7. The van der Waals surface area contributed by atoms with Gasteiger partial charge in [-0.25, -0.2) is 0 Å². The van der Waals surface area contributed by atoms with Crippen LogP contribution >= 0.6 is 18.0 Å². The third-order valence-corrected chi connectivity index (χ3v) is 61.4. The van der Waals surface area contributed by atoms with E-state index in [2.05, 4.69) is 83.8 Å². The van der Waals surface area contributed by atoms with E-state index in [9.17, 15) is 0 Å². The summed E-state index contributed by atoms with van der Waals surface area (Å²) < 4.78 is 15.5. The van der Waals surface area contributed by atoms with Gasteiger partial charge in [0.25, 0.3) is 0 Å². The molecule has 0 fully saturated rings. The van der Waals surface area contributed by atoms with Crippen LogP contribution in [0.5, 0.6) is 11.5 Å². The van der Waals surface area contributed by atoms with Crippen molar-refractivity contribution < 1.29 is 9.47 Å². The van der Waals surface area contributed by atoms with E-state index in [-0.39, 0.29) is 0 Å². The fourth-order valence-electron chi connectivity index (χ4n) is 3.41. The summed E-state index contributed by atoms with van der Waals surface area (Å²) in [5.74, 6) is 3.41. The standard InChI is InChI=1S/C22H28O2S2Se2Te/c1-7-23-17-11-9-15(13(3)4)21-19(17)25-29(27-21)26-20-18(24-8-2)12-10-16(14(5)6)22(20)28-29/h9-14H,7-8H2,1-6H3. The van der Waals surface area contributed by atoms with Gasteiger partial charge < -0.3 is 0 Å². The predicted molar refractivity (Wildman–Crippen MR) is 132 cm³/mol. The van der Waals surface area contributed by atoms with E-state index < -0.39 is 11.0 Å². The van der Waals surface area contributed by atoms with Gasteiger partial charge in [-0.05, 0) is 0 Å². The molecule has 0 N–H and O–H groups in total. The van der Waals surface area contributed by atoms with Crippen molar-refractivity contribution in [3.05, 3.63) is 35.4 Å². The summed E-state index contributed by atoms with van der Waals surface area (Å²) in [5.41, 5.74) is 3.11. The van der Waals surface area contributed by atoms with Crippen LogP contribution in [-0.4, -0.2) is 47.7 Å². The van der Waals surface area contributed by atoms with Crippen molar-refractivity contribution in [2.75, 3.05) is 13.2 Å². The average Bonchev–Trinajstić information content (AvgIpc) is 3.22. The molecule has 0 bridgehead atoms. The first-order chi connectivity index (χ1) is 13.9. The van der Waals surface area contributed by atoms with Crippen LogP contribution in [0.2, 0.25) is 0 Å². The zero-order chi connectivity index (χ0) is 20.8. The molecule has 29 heavy (non-hydrogen) atoms. The first kappa shape index (κ1) is 22.8. The molecule has 2 aromatic rings. The first-order valence-corrected chi connectivity index (χ1v) is 30.3. The van der Waals surface area contributed by atoms with Crippen molar-refractivity contribution in [3.8, 4) is 11.5 Å². The quantitative estimate of drug-likeness (QED) is 0.413. The molecule has 1 spiro atoms. The third-order valence-electron chi connectivity index (χ3n) is 4.80. The zero-order valence-corrected chi connectivity index (χ0v) is 25.1. The van der Waals surface area contributed by atoms with Crippen LogP contribution in [0.1, 0.15) is 64.5 Å². The molecule has 158 valence electrons. The molecule has 2 aliphatic heterocycles. The van der Waals surface area contributed by atoms with Crippen molar-refractivity contribution in [2.24, 2.45) is 0 Å². The number of ether oxygens (including phenoxy) is 2. The monoisotopic (exact) mass is 678 g/mol. The van der Waals surface area contributed by atoms with E-state index in [1.165, 1.54) is 9.79 Å². The fraction of sp³-hybridized carbons (Fsp3) is 0.455. The van der Waals surface area contributed by atoms with Gasteiger partial charge in [0.2, 0.25) is 0 Å². The van der Waals surface area contributed by atoms with Crippen LogP contribution in [0.15, 0.2) is 34.1 Å². The Morgan fingerprint density at radius 2 is 1.17 bits per heavy atom. The van der Waals surface area contributed by atoms with Gasteiger partial charge in [0.1, 0.15) is 0 Å². The van der Waals surface area contributed by atoms with Crippen LogP contribution in [0.4, 0.5) is 0 Å². The van der Waals surface area contributed by atoms with Crippen LogP contribution in [-0.2, 0) is 0 Å². The second kappa shape index (κ2) is 9.20. The molecule has 2 aliphatic rings. The Balaban J connectivity index is 1.77. The summed E-state index contributed by atoms with van der Waals surface area (Å²) in [6, 6.07) is 9.13. The summed E-state index contributed by atoms with van der Waals surface area (Å²) in [4.78, 5) is 2.98. The van der Waals surface area contributed by atoms with Crippen molar-refractivity contribution in [1.82, 2.24) is 0 Å². The summed E-state index contributed by atoms with van der Waals surface area (Å²) in [5, 5.41) is 0. The SMILES string of the molecule is CCOc1ccc(C(C)C)c2c1S[Te]1(Sc3c(OCC)ccc(C(C)C)c3[Se]1)[Se]2. The van der Waals surface area contributed by atoms with Crippen molar-refractivity contribution >= 4 is 61.4 Å². The van der Waals surface area contributed by atoms with E-state index in [0.29, 0.717) is 35.4 Å². The minimum atomic E-state index is -2.21. The minimum absolute atomic E-state index is 0.575. The maximum absolute atomic E-state index is 6.08. The topological polar surface area (TPSA) is 18.5 Å². The molecule has 0 saturated heterocycles. The second-order valence-electron chi connectivity index (χ2n) is 7.54. The van der Waals surface area contributed by atoms with E-state index in [1.807, 2.05) is 0 Å². The van der Waals surface area contributed by atoms with Crippen LogP contribution in [0.3, 0.4) is 0 Å². The summed E-state index contributed by atoms with van der Waals surface area (Å²) >= 11 is 1.19. The first-order valence-electron chi connectivity index (χ1n) is 10.1. The van der Waals surface area contributed by atoms with Crippen LogP contribution < -0.4 is 18.4 Å². The number of rotatable bonds is 6. The van der Waals surface area contributed by atoms with Gasteiger partial charge in [0.05, 0.1) is 0 Å². The van der Waals surface area contributed by atoms with Gasteiger partial charge in [-0.2, -0.15) is 0 Å². The molecular formula is C22H28O2S2Se2Te. The molecule has 2 nitrogen and oxygen atoms in total. The Morgan fingerprint density at radius 1 is 0.759 bits per heavy atom. The Bertz CT molecular complexity index is 858. The van der Waals surface area contributed by atoms with E-state index in [1.54, 1.807) is 20.1 Å². The molecule has 2 aromatic carbocycles. The second-order valence-corrected chi connectivity index (χ2v) is 63.4. The van der Waals surface area contributed by atoms with Crippen molar-refractivity contribution in [2.45, 2.75) is 63.2 Å². The predicted octanol–water partition coefficient (Wildman–Crippen LogP) is 4.74. The summed E-state index contributed by atoms with van der Waals surface area (Å²) in [6.45, 7) is 15.0. The van der Waals surface area contributed by atoms with Gasteiger partial charge in [-0.3, -0.25) is 0 Å². The Kier molecular flexibility index (Phi) is 7.22. The molecule has 7 heteroatoms. The van der Waals surface area contributed by atoms with Crippen molar-refractivity contribution in [1.29, 1.82) is 0 Å². The number of hydrogen-bond donors (Lipinski definition) is 0. The molecule has 0 amide bonds. The third kappa shape index (κ3) is 4.29. The number of benzene rings is 2. The van der Waals surface area contributed by atoms with Gasteiger partial charge in [-0.1, -0.05) is 0 Å². The molecule has 4 rings (SSSR count). The maximum atomic E-state index is 6.08. The molecule has 0 unspecified atom stereocenters. The molecule has 0 aliphatic carbocycles. The Labute approximate surface area is 192 Å². The van der Waals surface area contributed by atoms with Gasteiger partial charge in [0.15, 0.2) is 0 Å². The molecule has 0 aromatic heterocycles. The van der Waals surface area contributed by atoms with E-state index >= 15 is 0 Å². The Hall–Kier alpha value is 0.569. The molecule has 2 heterocycles. The summed E-state index contributed by atoms with van der Waals surface area (Å²) in [6.07, 6.45) is 0. The molecule has 0 radical (unpaired) electrons. The molecular weight excluding hydrogens is 646 g/mol. The van der Waals surface area contributed by atoms with Gasteiger partial charge in [0, 0.05) is 0 Å². The number of hydrogen-bond acceptors (Lipinski definition) is 4.